The maximum absolute atomic E-state index is 12.7. The van der Waals surface area contributed by atoms with Gasteiger partial charge in [-0.1, -0.05) is 26.7 Å². The van der Waals surface area contributed by atoms with E-state index in [1.54, 1.807) is 0 Å². The maximum Gasteiger partial charge on any atom is 0.256 e. The summed E-state index contributed by atoms with van der Waals surface area (Å²) in [6.07, 6.45) is 3.70. The third-order valence-corrected chi connectivity index (χ3v) is 4.12. The van der Waals surface area contributed by atoms with Gasteiger partial charge in [-0.3, -0.25) is 4.79 Å². The van der Waals surface area contributed by atoms with Crippen molar-refractivity contribution < 1.29 is 14.3 Å². The molecular weight excluding hydrogens is 302 g/mol. The van der Waals surface area contributed by atoms with E-state index in [0.717, 1.165) is 48.2 Å². The molecule has 0 saturated heterocycles. The van der Waals surface area contributed by atoms with Crippen LogP contribution in [-0.2, 0) is 9.53 Å². The predicted molar refractivity (Wildman–Crippen MR) is 99.9 cm³/mol. The Labute approximate surface area is 146 Å². The molecule has 1 aromatic carbocycles. The number of unbranched alkanes of at least 4 members (excludes halogenated alkanes) is 1. The smallest absolute Gasteiger partial charge is 0.256 e. The summed E-state index contributed by atoms with van der Waals surface area (Å²) in [5.41, 5.74) is 2.07. The van der Waals surface area contributed by atoms with Gasteiger partial charge in [0.05, 0.1) is 6.61 Å². The number of nitrogens with one attached hydrogen (secondary N) is 1. The van der Waals surface area contributed by atoms with Crippen molar-refractivity contribution in [2.45, 2.75) is 72.8 Å². The fourth-order valence-electron chi connectivity index (χ4n) is 2.80. The monoisotopic (exact) mass is 335 g/mol. The molecule has 0 aliphatic heterocycles. The Bertz CT molecular complexity index is 519. The number of hydrogen-bond acceptors (Lipinski definition) is 3. The zero-order valence-corrected chi connectivity index (χ0v) is 16.1. The van der Waals surface area contributed by atoms with Crippen molar-refractivity contribution in [2.24, 2.45) is 0 Å². The molecule has 4 nitrogen and oxygen atoms in total. The van der Waals surface area contributed by atoms with Crippen LogP contribution in [0.3, 0.4) is 0 Å². The molecule has 0 radical (unpaired) electrons. The largest absolute Gasteiger partial charge is 0.493 e. The number of ether oxygens (including phenoxy) is 2. The zero-order valence-electron chi connectivity index (χ0n) is 16.1. The van der Waals surface area contributed by atoms with E-state index in [0.29, 0.717) is 13.2 Å². The summed E-state index contributed by atoms with van der Waals surface area (Å²) in [6, 6.07) is 3.92. The molecule has 0 heterocycles. The van der Waals surface area contributed by atoms with Gasteiger partial charge in [0.1, 0.15) is 11.4 Å². The zero-order chi connectivity index (χ0) is 18.2. The fourth-order valence-corrected chi connectivity index (χ4v) is 2.80. The lowest BCUT2D eigenvalue weighted by molar-refractivity contribution is -0.139. The SMILES string of the molecule is CCCCC(C)(OCC)C(=O)Nc1cc(C)c(OCCC)c(C)c1. The number of benzene rings is 1. The van der Waals surface area contributed by atoms with Crippen LogP contribution in [0.1, 0.15) is 64.5 Å². The summed E-state index contributed by atoms with van der Waals surface area (Å²) in [5, 5.41) is 3.02. The molecule has 1 atom stereocenters. The Hall–Kier alpha value is -1.55. The van der Waals surface area contributed by atoms with E-state index >= 15 is 0 Å². The van der Waals surface area contributed by atoms with Gasteiger partial charge in [0.25, 0.3) is 5.91 Å². The highest BCUT2D eigenvalue weighted by atomic mass is 16.5. The van der Waals surface area contributed by atoms with E-state index in [1.807, 2.05) is 39.8 Å². The summed E-state index contributed by atoms with van der Waals surface area (Å²) in [6.45, 7) is 13.2. The van der Waals surface area contributed by atoms with Gasteiger partial charge < -0.3 is 14.8 Å². The van der Waals surface area contributed by atoms with Crippen molar-refractivity contribution in [1.82, 2.24) is 0 Å². The molecule has 0 saturated carbocycles. The normalized spacial score (nSPS) is 13.4. The number of amides is 1. The lowest BCUT2D eigenvalue weighted by atomic mass is 9.97. The van der Waals surface area contributed by atoms with Crippen molar-refractivity contribution >= 4 is 11.6 Å². The number of carbonyl (C=O) groups excluding carboxylic acids is 1. The van der Waals surface area contributed by atoms with Crippen molar-refractivity contribution in [3.63, 3.8) is 0 Å². The van der Waals surface area contributed by atoms with Crippen molar-refractivity contribution in [1.29, 1.82) is 0 Å². The van der Waals surface area contributed by atoms with E-state index in [-0.39, 0.29) is 5.91 Å². The minimum absolute atomic E-state index is 0.0844. The lowest BCUT2D eigenvalue weighted by Crippen LogP contribution is -2.42. The molecule has 1 rings (SSSR count). The quantitative estimate of drug-likeness (QED) is 0.653. The Morgan fingerprint density at radius 3 is 2.25 bits per heavy atom. The Balaban J connectivity index is 2.92. The molecule has 0 spiro atoms. The minimum atomic E-state index is -0.788. The molecule has 0 bridgehead atoms. The van der Waals surface area contributed by atoms with Crippen LogP contribution < -0.4 is 10.1 Å². The van der Waals surface area contributed by atoms with Crippen LogP contribution in [0, 0.1) is 13.8 Å². The number of aryl methyl sites for hydroxylation is 2. The van der Waals surface area contributed by atoms with Crippen LogP contribution in [0.4, 0.5) is 5.69 Å². The Morgan fingerprint density at radius 2 is 1.75 bits per heavy atom. The van der Waals surface area contributed by atoms with E-state index < -0.39 is 5.60 Å². The summed E-state index contributed by atoms with van der Waals surface area (Å²) in [4.78, 5) is 12.7. The molecule has 1 aromatic rings. The van der Waals surface area contributed by atoms with Crippen LogP contribution in [0.25, 0.3) is 0 Å². The van der Waals surface area contributed by atoms with Gasteiger partial charge in [0.15, 0.2) is 0 Å². The van der Waals surface area contributed by atoms with Gasteiger partial charge >= 0.3 is 0 Å². The second kappa shape index (κ2) is 9.67. The molecule has 0 aromatic heterocycles. The summed E-state index contributed by atoms with van der Waals surface area (Å²) < 4.78 is 11.6. The molecule has 0 aliphatic rings. The predicted octanol–water partition coefficient (Wildman–Crippen LogP) is 5.02. The average Bonchev–Trinajstić information content (AvgIpc) is 2.52. The van der Waals surface area contributed by atoms with E-state index in [4.69, 9.17) is 9.47 Å². The standard InChI is InChI=1S/C20H33NO3/c1-7-10-11-20(6,24-9-3)19(22)21-17-13-15(4)18(16(5)14-17)23-12-8-2/h13-14H,7-12H2,1-6H3,(H,21,22). The number of rotatable bonds is 10. The Morgan fingerprint density at radius 1 is 1.12 bits per heavy atom. The highest BCUT2D eigenvalue weighted by Gasteiger charge is 2.33. The highest BCUT2D eigenvalue weighted by Crippen LogP contribution is 2.29. The lowest BCUT2D eigenvalue weighted by Gasteiger charge is -2.28. The molecule has 4 heteroatoms. The molecule has 1 amide bonds. The van der Waals surface area contributed by atoms with Crippen LogP contribution in [0.5, 0.6) is 5.75 Å². The Kier molecular flexibility index (Phi) is 8.26. The molecular formula is C20H33NO3. The molecule has 1 N–H and O–H groups in total. The van der Waals surface area contributed by atoms with Gasteiger partial charge in [-0.2, -0.15) is 0 Å². The van der Waals surface area contributed by atoms with Crippen molar-refractivity contribution in [3.05, 3.63) is 23.3 Å². The second-order valence-corrected chi connectivity index (χ2v) is 6.51. The maximum atomic E-state index is 12.7. The average molecular weight is 335 g/mol. The van der Waals surface area contributed by atoms with Gasteiger partial charge in [0, 0.05) is 12.3 Å². The molecule has 136 valence electrons. The van der Waals surface area contributed by atoms with Crippen LogP contribution in [-0.4, -0.2) is 24.7 Å². The van der Waals surface area contributed by atoms with Gasteiger partial charge in [-0.25, -0.2) is 0 Å². The van der Waals surface area contributed by atoms with Gasteiger partial charge in [-0.15, -0.1) is 0 Å². The topological polar surface area (TPSA) is 47.6 Å². The van der Waals surface area contributed by atoms with Gasteiger partial charge in [-0.05, 0) is 63.8 Å². The first-order valence-electron chi connectivity index (χ1n) is 9.07. The third-order valence-electron chi connectivity index (χ3n) is 4.12. The fraction of sp³-hybridized carbons (Fsp3) is 0.650. The van der Waals surface area contributed by atoms with E-state index in [9.17, 15) is 4.79 Å². The molecule has 0 fully saturated rings. The van der Waals surface area contributed by atoms with Crippen LogP contribution in [0.15, 0.2) is 12.1 Å². The summed E-state index contributed by atoms with van der Waals surface area (Å²) in [5.74, 6) is 0.826. The molecule has 0 aliphatic carbocycles. The first-order chi connectivity index (χ1) is 11.4. The van der Waals surface area contributed by atoms with Crippen molar-refractivity contribution in [3.8, 4) is 5.75 Å². The van der Waals surface area contributed by atoms with Gasteiger partial charge in [0.2, 0.25) is 0 Å². The second-order valence-electron chi connectivity index (χ2n) is 6.51. The number of carbonyl (C=O) groups is 1. The van der Waals surface area contributed by atoms with E-state index in [1.165, 1.54) is 0 Å². The molecule has 24 heavy (non-hydrogen) atoms. The summed E-state index contributed by atoms with van der Waals surface area (Å²) >= 11 is 0. The number of hydrogen-bond donors (Lipinski definition) is 1. The first kappa shape index (κ1) is 20.5. The van der Waals surface area contributed by atoms with Crippen molar-refractivity contribution in [2.75, 3.05) is 18.5 Å². The highest BCUT2D eigenvalue weighted by molar-refractivity contribution is 5.97. The first-order valence-corrected chi connectivity index (χ1v) is 9.07. The third kappa shape index (κ3) is 5.52. The van der Waals surface area contributed by atoms with E-state index in [2.05, 4.69) is 19.2 Å². The number of anilines is 1. The molecule has 1 unspecified atom stereocenters. The van der Waals surface area contributed by atoms with Crippen LogP contribution in [0.2, 0.25) is 0 Å². The summed E-state index contributed by atoms with van der Waals surface area (Å²) in [7, 11) is 0. The minimum Gasteiger partial charge on any atom is -0.493 e. The van der Waals surface area contributed by atoms with Crippen LogP contribution >= 0.6 is 0 Å².